The van der Waals surface area contributed by atoms with Crippen LogP contribution in [0, 0.1) is 5.82 Å². The molecule has 0 saturated heterocycles. The Morgan fingerprint density at radius 3 is 2.25 bits per heavy atom. The van der Waals surface area contributed by atoms with Gasteiger partial charge >= 0.3 is 0 Å². The first kappa shape index (κ1) is 14.6. The van der Waals surface area contributed by atoms with Crippen molar-refractivity contribution >= 4 is 5.78 Å². The third kappa shape index (κ3) is 4.43. The van der Waals surface area contributed by atoms with Crippen molar-refractivity contribution in [2.24, 2.45) is 0 Å². The molecule has 0 saturated carbocycles. The summed E-state index contributed by atoms with van der Waals surface area (Å²) in [6.45, 7) is 9.04. The van der Waals surface area contributed by atoms with Gasteiger partial charge in [-0.15, -0.1) is 0 Å². The normalized spacial score (nSPS) is 9.44. The summed E-state index contributed by atoms with van der Waals surface area (Å²) < 4.78 is 18.5. The molecule has 3 heteroatoms. The minimum Gasteiger partial charge on any atom is -0.488 e. The van der Waals surface area contributed by atoms with Gasteiger partial charge in [0.2, 0.25) is 0 Å². The summed E-state index contributed by atoms with van der Waals surface area (Å²) in [7, 11) is 0. The standard InChI is InChI=1S/C11H13FO2.C2H6/c1-7(2)14-11-5-4-9(8(3)13)6-10(11)12;1-2/h4-7H,1-3H3;1-2H3. The van der Waals surface area contributed by atoms with E-state index in [1.54, 1.807) is 6.07 Å². The van der Waals surface area contributed by atoms with E-state index in [9.17, 15) is 9.18 Å². The maximum atomic E-state index is 13.3. The van der Waals surface area contributed by atoms with Crippen LogP contribution in [0.1, 0.15) is 45.0 Å². The summed E-state index contributed by atoms with van der Waals surface area (Å²) >= 11 is 0. The van der Waals surface area contributed by atoms with Crippen molar-refractivity contribution in [3.8, 4) is 5.75 Å². The average molecular weight is 226 g/mol. The van der Waals surface area contributed by atoms with Crippen molar-refractivity contribution in [3.63, 3.8) is 0 Å². The van der Waals surface area contributed by atoms with E-state index in [-0.39, 0.29) is 17.6 Å². The second-order valence-electron chi connectivity index (χ2n) is 3.37. The van der Waals surface area contributed by atoms with Crippen LogP contribution in [-0.4, -0.2) is 11.9 Å². The molecule has 0 atom stereocenters. The van der Waals surface area contributed by atoms with Crippen LogP contribution in [0.5, 0.6) is 5.75 Å². The maximum absolute atomic E-state index is 13.3. The number of halogens is 1. The van der Waals surface area contributed by atoms with E-state index in [1.807, 2.05) is 27.7 Å². The first-order valence-corrected chi connectivity index (χ1v) is 5.48. The monoisotopic (exact) mass is 226 g/mol. The molecular formula is C13H19FO2. The number of hydrogen-bond donors (Lipinski definition) is 0. The second kappa shape index (κ2) is 6.99. The molecule has 0 fully saturated rings. The molecule has 0 N–H and O–H groups in total. The van der Waals surface area contributed by atoms with Crippen LogP contribution >= 0.6 is 0 Å². The summed E-state index contributed by atoms with van der Waals surface area (Å²) in [5.41, 5.74) is 0.360. The summed E-state index contributed by atoms with van der Waals surface area (Å²) in [4.78, 5) is 10.9. The van der Waals surface area contributed by atoms with E-state index in [0.29, 0.717) is 5.56 Å². The molecule has 1 rings (SSSR count). The first-order valence-electron chi connectivity index (χ1n) is 5.48. The molecule has 0 bridgehead atoms. The highest BCUT2D eigenvalue weighted by atomic mass is 19.1. The van der Waals surface area contributed by atoms with Crippen molar-refractivity contribution < 1.29 is 13.9 Å². The van der Waals surface area contributed by atoms with Crippen LogP contribution in [0.25, 0.3) is 0 Å². The Kier molecular flexibility index (Phi) is 6.38. The highest BCUT2D eigenvalue weighted by molar-refractivity contribution is 5.94. The van der Waals surface area contributed by atoms with Gasteiger partial charge in [0, 0.05) is 5.56 Å². The van der Waals surface area contributed by atoms with Gasteiger partial charge in [-0.05, 0) is 39.0 Å². The largest absolute Gasteiger partial charge is 0.488 e. The minimum absolute atomic E-state index is 0.0762. The number of rotatable bonds is 3. The summed E-state index contributed by atoms with van der Waals surface area (Å²) in [6, 6.07) is 4.23. The molecule has 0 aliphatic heterocycles. The molecule has 16 heavy (non-hydrogen) atoms. The van der Waals surface area contributed by atoms with Gasteiger partial charge in [0.25, 0.3) is 0 Å². The molecule has 0 unspecified atom stereocenters. The third-order valence-electron chi connectivity index (χ3n) is 1.70. The van der Waals surface area contributed by atoms with Gasteiger partial charge in [-0.25, -0.2) is 4.39 Å². The van der Waals surface area contributed by atoms with Gasteiger partial charge < -0.3 is 4.74 Å². The third-order valence-corrected chi connectivity index (χ3v) is 1.70. The number of carbonyl (C=O) groups excluding carboxylic acids is 1. The SMILES string of the molecule is CC.CC(=O)c1ccc(OC(C)C)c(F)c1. The van der Waals surface area contributed by atoms with E-state index in [4.69, 9.17) is 4.74 Å². The minimum atomic E-state index is -0.494. The lowest BCUT2D eigenvalue weighted by atomic mass is 10.1. The summed E-state index contributed by atoms with van der Waals surface area (Å²) in [5.74, 6) is -0.462. The summed E-state index contributed by atoms with van der Waals surface area (Å²) in [6.07, 6.45) is -0.0762. The highest BCUT2D eigenvalue weighted by Crippen LogP contribution is 2.19. The number of ether oxygens (including phenoxy) is 1. The van der Waals surface area contributed by atoms with Crippen molar-refractivity contribution in [3.05, 3.63) is 29.6 Å². The molecule has 1 aromatic rings. The van der Waals surface area contributed by atoms with Crippen molar-refractivity contribution in [1.29, 1.82) is 0 Å². The Labute approximate surface area is 96.4 Å². The fraction of sp³-hybridized carbons (Fsp3) is 0.462. The molecule has 1 aromatic carbocycles. The molecule has 0 spiro atoms. The fourth-order valence-electron chi connectivity index (χ4n) is 1.07. The van der Waals surface area contributed by atoms with E-state index in [0.717, 1.165) is 0 Å². The lowest BCUT2D eigenvalue weighted by Crippen LogP contribution is -2.07. The number of Topliss-reactive ketones (excluding diaryl/α,β-unsaturated/α-hetero) is 1. The van der Waals surface area contributed by atoms with Crippen LogP contribution in [0.3, 0.4) is 0 Å². The van der Waals surface area contributed by atoms with E-state index in [1.165, 1.54) is 19.1 Å². The van der Waals surface area contributed by atoms with Gasteiger partial charge in [-0.1, -0.05) is 13.8 Å². The van der Waals surface area contributed by atoms with Crippen LogP contribution in [0.2, 0.25) is 0 Å². The molecule has 0 radical (unpaired) electrons. The van der Waals surface area contributed by atoms with Crippen molar-refractivity contribution in [1.82, 2.24) is 0 Å². The zero-order valence-corrected chi connectivity index (χ0v) is 10.5. The molecule has 0 aliphatic rings. The quantitative estimate of drug-likeness (QED) is 0.732. The lowest BCUT2D eigenvalue weighted by molar-refractivity contribution is 0.101. The van der Waals surface area contributed by atoms with Crippen LogP contribution in [0.4, 0.5) is 4.39 Å². The Bertz CT molecular complexity index is 346. The van der Waals surface area contributed by atoms with Gasteiger partial charge in [0.1, 0.15) is 0 Å². The predicted octanol–water partition coefficient (Wildman–Crippen LogP) is 3.84. The van der Waals surface area contributed by atoms with Crippen LogP contribution in [-0.2, 0) is 0 Å². The molecule has 0 heterocycles. The van der Waals surface area contributed by atoms with E-state index in [2.05, 4.69) is 0 Å². The lowest BCUT2D eigenvalue weighted by Gasteiger charge is -2.10. The number of carbonyl (C=O) groups is 1. The molecule has 90 valence electrons. The Balaban J connectivity index is 0.00000106. The molecule has 2 nitrogen and oxygen atoms in total. The Hall–Kier alpha value is -1.38. The zero-order chi connectivity index (χ0) is 12.7. The average Bonchev–Trinajstić information content (AvgIpc) is 2.23. The van der Waals surface area contributed by atoms with Gasteiger partial charge in [-0.3, -0.25) is 4.79 Å². The van der Waals surface area contributed by atoms with E-state index >= 15 is 0 Å². The number of ketones is 1. The van der Waals surface area contributed by atoms with Crippen molar-refractivity contribution in [2.75, 3.05) is 0 Å². The number of benzene rings is 1. The topological polar surface area (TPSA) is 26.3 Å². The highest BCUT2D eigenvalue weighted by Gasteiger charge is 2.08. The smallest absolute Gasteiger partial charge is 0.165 e. The van der Waals surface area contributed by atoms with Gasteiger partial charge in [-0.2, -0.15) is 0 Å². The van der Waals surface area contributed by atoms with E-state index < -0.39 is 5.82 Å². The van der Waals surface area contributed by atoms with Crippen LogP contribution in [0.15, 0.2) is 18.2 Å². The van der Waals surface area contributed by atoms with Gasteiger partial charge in [0.15, 0.2) is 17.3 Å². The zero-order valence-electron chi connectivity index (χ0n) is 10.5. The van der Waals surface area contributed by atoms with Gasteiger partial charge in [0.05, 0.1) is 6.10 Å². The molecule has 0 amide bonds. The van der Waals surface area contributed by atoms with Crippen molar-refractivity contribution in [2.45, 2.75) is 40.7 Å². The molecule has 0 aliphatic carbocycles. The summed E-state index contributed by atoms with van der Waals surface area (Å²) in [5, 5.41) is 0. The molecule has 0 aromatic heterocycles. The number of hydrogen-bond acceptors (Lipinski definition) is 2. The fourth-order valence-corrected chi connectivity index (χ4v) is 1.07. The second-order valence-corrected chi connectivity index (χ2v) is 3.37. The Morgan fingerprint density at radius 1 is 1.31 bits per heavy atom. The van der Waals surface area contributed by atoms with Crippen LogP contribution < -0.4 is 4.74 Å². The first-order chi connectivity index (χ1) is 7.50. The molecular weight excluding hydrogens is 207 g/mol. The predicted molar refractivity (Wildman–Crippen MR) is 63.5 cm³/mol. The Morgan fingerprint density at radius 2 is 1.88 bits per heavy atom. The maximum Gasteiger partial charge on any atom is 0.165 e.